The number of carbonyl (C=O) groups excluding carboxylic acids is 1. The maximum atomic E-state index is 13.3. The largest absolute Gasteiger partial charge is 0.497 e. The summed E-state index contributed by atoms with van der Waals surface area (Å²) in [4.78, 5) is 17.5. The molecule has 2 aromatic carbocycles. The summed E-state index contributed by atoms with van der Waals surface area (Å²) >= 11 is 6.23. The first-order chi connectivity index (χ1) is 16.8. The molecule has 2 fully saturated rings. The van der Waals surface area contributed by atoms with E-state index in [2.05, 4.69) is 4.90 Å². The lowest BCUT2D eigenvalue weighted by molar-refractivity contribution is -0.137. The average molecular weight is 522 g/mol. The topological polar surface area (TPSA) is 79.4 Å². The van der Waals surface area contributed by atoms with Gasteiger partial charge in [0.2, 0.25) is 15.9 Å². The molecule has 35 heavy (non-hydrogen) atoms. The second-order valence-electron chi connectivity index (χ2n) is 8.74. The summed E-state index contributed by atoms with van der Waals surface area (Å²) in [5.41, 5.74) is 1.10. The van der Waals surface area contributed by atoms with Gasteiger partial charge in [-0.05, 0) is 62.2 Å². The summed E-state index contributed by atoms with van der Waals surface area (Å²) in [5, 5.41) is 0.257. The van der Waals surface area contributed by atoms with E-state index in [0.29, 0.717) is 44.8 Å². The van der Waals surface area contributed by atoms with E-state index in [-0.39, 0.29) is 28.3 Å². The minimum atomic E-state index is -3.76. The van der Waals surface area contributed by atoms with Crippen LogP contribution in [0.5, 0.6) is 11.5 Å². The van der Waals surface area contributed by atoms with Crippen molar-refractivity contribution in [2.45, 2.75) is 24.7 Å². The number of hydrogen-bond acceptors (Lipinski definition) is 6. The highest BCUT2D eigenvalue weighted by Crippen LogP contribution is 2.31. The molecule has 0 unspecified atom stereocenters. The molecule has 2 aliphatic heterocycles. The minimum absolute atomic E-state index is 0.0315. The Morgan fingerprint density at radius 3 is 2.40 bits per heavy atom. The zero-order chi connectivity index (χ0) is 25.0. The highest BCUT2D eigenvalue weighted by Gasteiger charge is 2.36. The van der Waals surface area contributed by atoms with Crippen LogP contribution >= 0.6 is 11.6 Å². The van der Waals surface area contributed by atoms with Crippen LogP contribution in [0, 0.1) is 5.92 Å². The molecule has 1 amide bonds. The Bertz CT molecular complexity index is 1130. The third-order valence-corrected chi connectivity index (χ3v) is 8.76. The van der Waals surface area contributed by atoms with Crippen LogP contribution < -0.4 is 14.4 Å². The van der Waals surface area contributed by atoms with Crippen molar-refractivity contribution in [1.82, 2.24) is 9.21 Å². The Balaban J connectivity index is 1.38. The van der Waals surface area contributed by atoms with Gasteiger partial charge in [0, 0.05) is 45.0 Å². The lowest BCUT2D eigenvalue weighted by atomic mass is 9.97. The predicted molar refractivity (Wildman–Crippen MR) is 136 cm³/mol. The number of ether oxygens (including phenoxy) is 2. The molecular weight excluding hydrogens is 490 g/mol. The van der Waals surface area contributed by atoms with Crippen LogP contribution in [0.25, 0.3) is 0 Å². The maximum Gasteiger partial charge on any atom is 0.243 e. The standard InChI is InChI=1S/C25H32ClN3O5S/c1-3-34-24-11-10-22(17-23(24)26)35(31,32)29-12-4-5-19(18-29)25(30)28-15-13-27(14-16-28)20-6-8-21(33-2)9-7-20/h6-11,17,19H,3-5,12-16,18H2,1-2H3/t19-/m0/s1. The molecule has 10 heteroatoms. The molecule has 2 heterocycles. The molecule has 190 valence electrons. The van der Waals surface area contributed by atoms with Gasteiger partial charge in [0.1, 0.15) is 11.5 Å². The van der Waals surface area contributed by atoms with Gasteiger partial charge in [0.05, 0.1) is 29.6 Å². The smallest absolute Gasteiger partial charge is 0.243 e. The van der Waals surface area contributed by atoms with Crippen LogP contribution in [0.3, 0.4) is 0 Å². The van der Waals surface area contributed by atoms with E-state index in [0.717, 1.165) is 24.5 Å². The third-order valence-electron chi connectivity index (χ3n) is 6.60. The van der Waals surface area contributed by atoms with Gasteiger partial charge in [-0.3, -0.25) is 4.79 Å². The molecule has 2 aliphatic rings. The number of carbonyl (C=O) groups is 1. The van der Waals surface area contributed by atoms with Gasteiger partial charge >= 0.3 is 0 Å². The zero-order valence-corrected chi connectivity index (χ0v) is 21.7. The zero-order valence-electron chi connectivity index (χ0n) is 20.2. The van der Waals surface area contributed by atoms with Crippen LogP contribution in [0.4, 0.5) is 5.69 Å². The number of rotatable bonds is 7. The SMILES string of the molecule is CCOc1ccc(S(=O)(=O)N2CCC[C@H](C(=O)N3CCN(c4ccc(OC)cc4)CC3)C2)cc1Cl. The number of piperidine rings is 1. The second-order valence-corrected chi connectivity index (χ2v) is 11.1. The van der Waals surface area contributed by atoms with Crippen molar-refractivity contribution in [2.75, 3.05) is 57.9 Å². The Morgan fingerprint density at radius 2 is 1.77 bits per heavy atom. The number of sulfonamides is 1. The quantitative estimate of drug-likeness (QED) is 0.555. The highest BCUT2D eigenvalue weighted by atomic mass is 35.5. The van der Waals surface area contributed by atoms with E-state index in [1.165, 1.54) is 16.4 Å². The summed E-state index contributed by atoms with van der Waals surface area (Å²) in [6.45, 7) is 5.55. The molecule has 2 aromatic rings. The molecule has 0 N–H and O–H groups in total. The van der Waals surface area contributed by atoms with Crippen LogP contribution in [0.1, 0.15) is 19.8 Å². The molecule has 2 saturated heterocycles. The normalized spacial score (nSPS) is 19.5. The van der Waals surface area contributed by atoms with Gasteiger partial charge in [-0.25, -0.2) is 8.42 Å². The highest BCUT2D eigenvalue weighted by molar-refractivity contribution is 7.89. The van der Waals surface area contributed by atoms with E-state index < -0.39 is 10.0 Å². The van der Waals surface area contributed by atoms with E-state index in [4.69, 9.17) is 21.1 Å². The Morgan fingerprint density at radius 1 is 1.06 bits per heavy atom. The van der Waals surface area contributed by atoms with Gasteiger partial charge in [0.15, 0.2) is 0 Å². The lowest BCUT2D eigenvalue weighted by Gasteiger charge is -2.39. The van der Waals surface area contributed by atoms with Gasteiger partial charge in [-0.15, -0.1) is 0 Å². The van der Waals surface area contributed by atoms with Crippen molar-refractivity contribution >= 4 is 33.2 Å². The van der Waals surface area contributed by atoms with Crippen molar-refractivity contribution in [3.05, 3.63) is 47.5 Å². The summed E-state index contributed by atoms with van der Waals surface area (Å²) in [5.74, 6) is 0.953. The van der Waals surface area contributed by atoms with Crippen molar-refractivity contribution < 1.29 is 22.7 Å². The van der Waals surface area contributed by atoms with Crippen molar-refractivity contribution in [3.8, 4) is 11.5 Å². The Labute approximate surface area is 212 Å². The number of anilines is 1. The number of benzene rings is 2. The number of methoxy groups -OCH3 is 1. The third kappa shape index (κ3) is 5.68. The monoisotopic (exact) mass is 521 g/mol. The minimum Gasteiger partial charge on any atom is -0.497 e. The molecule has 4 rings (SSSR count). The average Bonchev–Trinajstić information content (AvgIpc) is 2.89. The number of amides is 1. The van der Waals surface area contributed by atoms with Crippen LogP contribution in [-0.4, -0.2) is 76.5 Å². The number of piperazine rings is 1. The fourth-order valence-electron chi connectivity index (χ4n) is 4.66. The molecule has 0 radical (unpaired) electrons. The summed E-state index contributed by atoms with van der Waals surface area (Å²) in [7, 11) is -2.12. The van der Waals surface area contributed by atoms with E-state index >= 15 is 0 Å². The van der Waals surface area contributed by atoms with Crippen molar-refractivity contribution in [1.29, 1.82) is 0 Å². The fourth-order valence-corrected chi connectivity index (χ4v) is 6.51. The number of halogens is 1. The van der Waals surface area contributed by atoms with Gasteiger partial charge in [-0.2, -0.15) is 4.31 Å². The first-order valence-electron chi connectivity index (χ1n) is 11.9. The molecule has 0 saturated carbocycles. The van der Waals surface area contributed by atoms with Gasteiger partial charge in [0.25, 0.3) is 0 Å². The number of hydrogen-bond donors (Lipinski definition) is 0. The van der Waals surface area contributed by atoms with E-state index in [1.54, 1.807) is 13.2 Å². The van der Waals surface area contributed by atoms with Crippen LogP contribution in [0.15, 0.2) is 47.4 Å². The van der Waals surface area contributed by atoms with Crippen molar-refractivity contribution in [2.24, 2.45) is 5.92 Å². The molecular formula is C25H32ClN3O5S. The van der Waals surface area contributed by atoms with Crippen molar-refractivity contribution in [3.63, 3.8) is 0 Å². The summed E-state index contributed by atoms with van der Waals surface area (Å²) in [6.07, 6.45) is 1.33. The van der Waals surface area contributed by atoms with Crippen LogP contribution in [-0.2, 0) is 14.8 Å². The Hall–Kier alpha value is -2.49. The summed E-state index contributed by atoms with van der Waals surface area (Å²) in [6, 6.07) is 12.4. The first kappa shape index (κ1) is 25.6. The Kier molecular flexibility index (Phi) is 8.09. The molecule has 0 aliphatic carbocycles. The van der Waals surface area contributed by atoms with E-state index in [9.17, 15) is 13.2 Å². The molecule has 8 nitrogen and oxygen atoms in total. The molecule has 0 aromatic heterocycles. The first-order valence-corrected chi connectivity index (χ1v) is 13.8. The van der Waals surface area contributed by atoms with Gasteiger partial charge < -0.3 is 19.3 Å². The predicted octanol–water partition coefficient (Wildman–Crippen LogP) is 3.50. The maximum absolute atomic E-state index is 13.3. The molecule has 0 bridgehead atoms. The number of nitrogens with zero attached hydrogens (tertiary/aromatic N) is 3. The molecule has 0 spiro atoms. The lowest BCUT2D eigenvalue weighted by Crippen LogP contribution is -2.53. The molecule has 1 atom stereocenters. The van der Waals surface area contributed by atoms with Gasteiger partial charge in [-0.1, -0.05) is 11.6 Å². The van der Waals surface area contributed by atoms with Crippen LogP contribution in [0.2, 0.25) is 5.02 Å². The second kappa shape index (κ2) is 11.1. The van der Waals surface area contributed by atoms with E-state index in [1.807, 2.05) is 36.1 Å². The fraction of sp³-hybridized carbons (Fsp3) is 0.480. The summed E-state index contributed by atoms with van der Waals surface area (Å²) < 4.78 is 38.6.